The molecule has 110 valence electrons. The van der Waals surface area contributed by atoms with Crippen LogP contribution < -0.4 is 10.2 Å². The summed E-state index contributed by atoms with van der Waals surface area (Å²) in [6, 6.07) is 7.37. The highest BCUT2D eigenvalue weighted by molar-refractivity contribution is 8.39. The summed E-state index contributed by atoms with van der Waals surface area (Å²) in [5.74, 6) is 0.766. The molecule has 1 aromatic rings. The lowest BCUT2D eigenvalue weighted by Crippen LogP contribution is -2.45. The van der Waals surface area contributed by atoms with Crippen molar-refractivity contribution in [2.24, 2.45) is 4.99 Å². The van der Waals surface area contributed by atoms with E-state index in [4.69, 9.17) is 0 Å². The van der Waals surface area contributed by atoms with Gasteiger partial charge in [0.2, 0.25) is 11.8 Å². The van der Waals surface area contributed by atoms with Crippen molar-refractivity contribution in [1.29, 1.82) is 0 Å². The number of fused-ring (bicyclic) bond motifs is 1. The Bertz CT molecular complexity index is 618. The number of aliphatic imine (C=N–C) groups is 1. The van der Waals surface area contributed by atoms with E-state index in [1.165, 1.54) is 11.8 Å². The Hall–Kier alpha value is -1.47. The van der Waals surface area contributed by atoms with Crippen molar-refractivity contribution < 1.29 is 9.59 Å². The number of thioether (sulfide) groups is 2. The summed E-state index contributed by atoms with van der Waals surface area (Å²) in [5.41, 5.74) is 1.45. The summed E-state index contributed by atoms with van der Waals surface area (Å²) in [6.07, 6.45) is 0. The van der Waals surface area contributed by atoms with E-state index in [-0.39, 0.29) is 23.6 Å². The Morgan fingerprint density at radius 2 is 2.29 bits per heavy atom. The van der Waals surface area contributed by atoms with E-state index in [1.807, 2.05) is 25.1 Å². The van der Waals surface area contributed by atoms with Crippen molar-refractivity contribution in [2.45, 2.75) is 12.2 Å². The molecule has 3 rings (SSSR count). The van der Waals surface area contributed by atoms with Crippen molar-refractivity contribution in [3.8, 4) is 0 Å². The zero-order chi connectivity index (χ0) is 14.8. The molecule has 0 aromatic heterocycles. The summed E-state index contributed by atoms with van der Waals surface area (Å²) in [5, 5.41) is 2.53. The lowest BCUT2D eigenvalue weighted by atomic mass is 10.2. The molecule has 2 aliphatic rings. The SMILES string of the molecule is C[C@H](SC1=NCCS1)C(=O)N1CC(=O)Nc2ccccc21. The first kappa shape index (κ1) is 14.5. The maximum absolute atomic E-state index is 12.7. The molecule has 0 fully saturated rings. The second-order valence-electron chi connectivity index (χ2n) is 4.75. The molecular formula is C14H15N3O2S2. The molecule has 0 unspecified atom stereocenters. The minimum absolute atomic E-state index is 0.0579. The van der Waals surface area contributed by atoms with Gasteiger partial charge in [-0.25, -0.2) is 0 Å². The number of hydrogen-bond acceptors (Lipinski definition) is 5. The van der Waals surface area contributed by atoms with Gasteiger partial charge >= 0.3 is 0 Å². The van der Waals surface area contributed by atoms with Crippen molar-refractivity contribution in [1.82, 2.24) is 0 Å². The number of carbonyl (C=O) groups is 2. The maximum Gasteiger partial charge on any atom is 0.244 e. The predicted octanol–water partition coefficient (Wildman–Crippen LogP) is 2.20. The zero-order valence-corrected chi connectivity index (χ0v) is 13.2. The smallest absolute Gasteiger partial charge is 0.244 e. The first-order valence-electron chi connectivity index (χ1n) is 6.69. The molecule has 2 heterocycles. The van der Waals surface area contributed by atoms with E-state index < -0.39 is 0 Å². The van der Waals surface area contributed by atoms with Crippen LogP contribution in [0.1, 0.15) is 6.92 Å². The number of amides is 2. The number of rotatable bonds is 2. The Morgan fingerprint density at radius 1 is 1.48 bits per heavy atom. The molecule has 2 aliphatic heterocycles. The molecule has 0 spiro atoms. The topological polar surface area (TPSA) is 61.8 Å². The van der Waals surface area contributed by atoms with E-state index in [0.717, 1.165) is 22.4 Å². The van der Waals surface area contributed by atoms with Crippen molar-refractivity contribution in [3.05, 3.63) is 24.3 Å². The van der Waals surface area contributed by atoms with Crippen molar-refractivity contribution in [3.63, 3.8) is 0 Å². The van der Waals surface area contributed by atoms with Crippen LogP contribution in [-0.4, -0.2) is 40.3 Å². The van der Waals surface area contributed by atoms with Gasteiger partial charge in [0.15, 0.2) is 0 Å². The van der Waals surface area contributed by atoms with Gasteiger partial charge in [-0.05, 0) is 19.1 Å². The van der Waals surface area contributed by atoms with Gasteiger partial charge in [-0.2, -0.15) is 0 Å². The molecule has 0 bridgehead atoms. The molecule has 0 saturated heterocycles. The molecule has 0 aliphatic carbocycles. The van der Waals surface area contributed by atoms with Crippen LogP contribution in [0.15, 0.2) is 29.3 Å². The second-order valence-corrected chi connectivity index (χ2v) is 7.42. The van der Waals surface area contributed by atoms with Gasteiger partial charge < -0.3 is 5.32 Å². The van der Waals surface area contributed by atoms with Gasteiger partial charge in [0.1, 0.15) is 10.9 Å². The number of nitrogens with zero attached hydrogens (tertiary/aromatic N) is 2. The lowest BCUT2D eigenvalue weighted by molar-refractivity contribution is -0.121. The lowest BCUT2D eigenvalue weighted by Gasteiger charge is -2.30. The van der Waals surface area contributed by atoms with E-state index in [1.54, 1.807) is 22.7 Å². The average Bonchev–Trinajstić information content (AvgIpc) is 2.98. The Labute approximate surface area is 131 Å². The molecule has 1 atom stereocenters. The van der Waals surface area contributed by atoms with E-state index in [2.05, 4.69) is 10.3 Å². The third-order valence-electron chi connectivity index (χ3n) is 3.22. The molecule has 2 amide bonds. The molecule has 7 heteroatoms. The Morgan fingerprint density at radius 3 is 3.05 bits per heavy atom. The van der Waals surface area contributed by atoms with Crippen LogP contribution >= 0.6 is 23.5 Å². The van der Waals surface area contributed by atoms with E-state index in [9.17, 15) is 9.59 Å². The van der Waals surface area contributed by atoms with E-state index in [0.29, 0.717) is 5.69 Å². The fourth-order valence-corrected chi connectivity index (χ4v) is 4.43. The Balaban J connectivity index is 1.79. The van der Waals surface area contributed by atoms with Crippen LogP contribution in [0.4, 0.5) is 11.4 Å². The van der Waals surface area contributed by atoms with Crippen LogP contribution in [0.3, 0.4) is 0 Å². The molecule has 0 radical (unpaired) electrons. The maximum atomic E-state index is 12.7. The third-order valence-corrected chi connectivity index (χ3v) is 5.51. The fraction of sp³-hybridized carbons (Fsp3) is 0.357. The summed E-state index contributed by atoms with van der Waals surface area (Å²) in [4.78, 5) is 30.3. The normalized spacial score (nSPS) is 18.8. The highest BCUT2D eigenvalue weighted by Gasteiger charge is 2.30. The van der Waals surface area contributed by atoms with Gasteiger partial charge in [0.05, 0.1) is 23.2 Å². The average molecular weight is 321 g/mol. The van der Waals surface area contributed by atoms with Crippen LogP contribution in [0.5, 0.6) is 0 Å². The molecule has 0 saturated carbocycles. The summed E-state index contributed by atoms with van der Waals surface area (Å²) in [6.45, 7) is 2.76. The van der Waals surface area contributed by atoms with Crippen LogP contribution in [-0.2, 0) is 9.59 Å². The largest absolute Gasteiger partial charge is 0.323 e. The number of carbonyl (C=O) groups excluding carboxylic acids is 2. The second kappa shape index (κ2) is 6.11. The van der Waals surface area contributed by atoms with Crippen molar-refractivity contribution >= 4 is 51.1 Å². The summed E-state index contributed by atoms with van der Waals surface area (Å²) >= 11 is 3.16. The minimum Gasteiger partial charge on any atom is -0.323 e. The van der Waals surface area contributed by atoms with Gasteiger partial charge in [-0.15, -0.1) is 0 Å². The minimum atomic E-state index is -0.256. The monoisotopic (exact) mass is 321 g/mol. The number of para-hydroxylation sites is 2. The van der Waals surface area contributed by atoms with Gasteiger partial charge in [0, 0.05) is 5.75 Å². The van der Waals surface area contributed by atoms with Crippen LogP contribution in [0.2, 0.25) is 0 Å². The number of nitrogens with one attached hydrogen (secondary N) is 1. The first-order valence-corrected chi connectivity index (χ1v) is 8.56. The first-order chi connectivity index (χ1) is 10.1. The highest BCUT2D eigenvalue weighted by Crippen LogP contribution is 2.32. The predicted molar refractivity (Wildman–Crippen MR) is 89.2 cm³/mol. The molecule has 21 heavy (non-hydrogen) atoms. The number of benzene rings is 1. The summed E-state index contributed by atoms with van der Waals surface area (Å²) in [7, 11) is 0. The zero-order valence-electron chi connectivity index (χ0n) is 11.5. The molecule has 1 N–H and O–H groups in total. The summed E-state index contributed by atoms with van der Waals surface area (Å²) < 4.78 is 0.964. The quantitative estimate of drug-likeness (QED) is 0.907. The Kier molecular flexibility index (Phi) is 4.21. The molecule has 5 nitrogen and oxygen atoms in total. The molecular weight excluding hydrogens is 306 g/mol. The molecule has 1 aromatic carbocycles. The van der Waals surface area contributed by atoms with Crippen molar-refractivity contribution in [2.75, 3.05) is 29.1 Å². The van der Waals surface area contributed by atoms with Gasteiger partial charge in [-0.3, -0.25) is 19.5 Å². The number of anilines is 2. The highest BCUT2D eigenvalue weighted by atomic mass is 32.2. The number of hydrogen-bond donors (Lipinski definition) is 1. The standard InChI is InChI=1S/C14H15N3O2S2/c1-9(21-14-15-6-7-20-14)13(19)17-8-12(18)16-10-4-2-3-5-11(10)17/h2-5,9H,6-8H2,1H3,(H,16,18)/t9-/m0/s1. The van der Waals surface area contributed by atoms with E-state index >= 15 is 0 Å². The van der Waals surface area contributed by atoms with Gasteiger partial charge in [-0.1, -0.05) is 35.7 Å². The third kappa shape index (κ3) is 3.08. The van der Waals surface area contributed by atoms with Crippen LogP contribution in [0, 0.1) is 0 Å². The fourth-order valence-electron chi connectivity index (χ4n) is 2.24. The van der Waals surface area contributed by atoms with Gasteiger partial charge in [0.25, 0.3) is 0 Å². The van der Waals surface area contributed by atoms with Crippen LogP contribution in [0.25, 0.3) is 0 Å².